The molecule has 92 valence electrons. The molecule has 17 heavy (non-hydrogen) atoms. The van der Waals surface area contributed by atoms with Crippen LogP contribution in [0.3, 0.4) is 0 Å². The van der Waals surface area contributed by atoms with Crippen LogP contribution in [-0.2, 0) is 10.0 Å². The summed E-state index contributed by atoms with van der Waals surface area (Å²) in [7, 11) is -3.89. The van der Waals surface area contributed by atoms with E-state index in [1.807, 2.05) is 0 Å². The quantitative estimate of drug-likeness (QED) is 0.843. The summed E-state index contributed by atoms with van der Waals surface area (Å²) in [6.07, 6.45) is 1.48. The van der Waals surface area contributed by atoms with Crippen LogP contribution in [0.5, 0.6) is 0 Å². The third-order valence-electron chi connectivity index (χ3n) is 2.36. The number of carboxylic acids is 1. The molecule has 2 N–H and O–H groups in total. The topological polar surface area (TPSA) is 83.5 Å². The lowest BCUT2D eigenvalue weighted by molar-refractivity contribution is 0.0692. The van der Waals surface area contributed by atoms with E-state index in [1.54, 1.807) is 0 Å². The van der Waals surface area contributed by atoms with Gasteiger partial charge in [0.25, 0.3) is 0 Å². The van der Waals surface area contributed by atoms with Gasteiger partial charge < -0.3 is 5.11 Å². The summed E-state index contributed by atoms with van der Waals surface area (Å²) in [6, 6.07) is 2.45. The summed E-state index contributed by atoms with van der Waals surface area (Å²) >= 11 is 0. The Morgan fingerprint density at radius 2 is 2.06 bits per heavy atom. The Hall–Kier alpha value is -1.47. The van der Waals surface area contributed by atoms with Crippen molar-refractivity contribution in [2.24, 2.45) is 0 Å². The summed E-state index contributed by atoms with van der Waals surface area (Å²) in [6.45, 7) is 0. The Labute approximate surface area is 97.3 Å². The molecule has 0 spiro atoms. The molecular formula is C10H10FNO4S. The maximum Gasteiger partial charge on any atom is 0.337 e. The summed E-state index contributed by atoms with van der Waals surface area (Å²) in [5.74, 6) is -2.26. The van der Waals surface area contributed by atoms with Crippen molar-refractivity contribution in [1.29, 1.82) is 0 Å². The third-order valence-corrected chi connectivity index (χ3v) is 3.94. The second-order valence-corrected chi connectivity index (χ2v) is 5.52. The van der Waals surface area contributed by atoms with Crippen molar-refractivity contribution in [2.45, 2.75) is 23.8 Å². The van der Waals surface area contributed by atoms with E-state index in [4.69, 9.17) is 5.11 Å². The van der Waals surface area contributed by atoms with Gasteiger partial charge in [0.05, 0.1) is 10.5 Å². The molecule has 0 unspecified atom stereocenters. The molecule has 7 heteroatoms. The fraction of sp³-hybridized carbons (Fsp3) is 0.300. The van der Waals surface area contributed by atoms with E-state index < -0.39 is 32.3 Å². The number of benzene rings is 1. The van der Waals surface area contributed by atoms with Crippen molar-refractivity contribution in [2.75, 3.05) is 0 Å². The lowest BCUT2D eigenvalue weighted by atomic mass is 10.2. The molecule has 1 aromatic rings. The molecule has 5 nitrogen and oxygen atoms in total. The predicted octanol–water partition coefficient (Wildman–Crippen LogP) is 0.965. The van der Waals surface area contributed by atoms with E-state index in [9.17, 15) is 17.6 Å². The molecule has 1 aliphatic rings. The van der Waals surface area contributed by atoms with Crippen LogP contribution in [0.1, 0.15) is 23.2 Å². The zero-order valence-corrected chi connectivity index (χ0v) is 9.50. The molecule has 2 rings (SSSR count). The second kappa shape index (κ2) is 4.08. The maximum atomic E-state index is 12.9. The zero-order valence-electron chi connectivity index (χ0n) is 8.68. The number of carboxylic acid groups (broad SMARTS) is 1. The van der Waals surface area contributed by atoms with Crippen LogP contribution in [0.4, 0.5) is 4.39 Å². The molecular weight excluding hydrogens is 249 g/mol. The van der Waals surface area contributed by atoms with Crippen molar-refractivity contribution < 1.29 is 22.7 Å². The van der Waals surface area contributed by atoms with Gasteiger partial charge in [0.15, 0.2) is 0 Å². The van der Waals surface area contributed by atoms with Crippen molar-refractivity contribution in [1.82, 2.24) is 4.72 Å². The van der Waals surface area contributed by atoms with Crippen LogP contribution in [0.25, 0.3) is 0 Å². The molecule has 0 bridgehead atoms. The number of nitrogens with one attached hydrogen (secondary N) is 1. The highest BCUT2D eigenvalue weighted by atomic mass is 32.2. The first-order valence-corrected chi connectivity index (χ1v) is 6.43. The summed E-state index contributed by atoms with van der Waals surface area (Å²) in [5.41, 5.74) is -0.557. The fourth-order valence-electron chi connectivity index (χ4n) is 1.39. The molecule has 0 amide bonds. The molecule has 1 saturated carbocycles. The number of hydrogen-bond acceptors (Lipinski definition) is 3. The standard InChI is InChI=1S/C10H10FNO4S/c11-6-1-4-9(8(5-6)10(13)14)17(15,16)12-7-2-3-7/h1,4-5,7,12H,2-3H2,(H,13,14). The lowest BCUT2D eigenvalue weighted by Crippen LogP contribution is -2.27. The Kier molecular flexibility index (Phi) is 2.88. The largest absolute Gasteiger partial charge is 0.478 e. The molecule has 0 aromatic heterocycles. The van der Waals surface area contributed by atoms with Gasteiger partial charge in [0.1, 0.15) is 5.82 Å². The van der Waals surface area contributed by atoms with Crippen LogP contribution in [0, 0.1) is 5.82 Å². The molecule has 1 aromatic carbocycles. The van der Waals surface area contributed by atoms with Gasteiger partial charge in [-0.15, -0.1) is 0 Å². The van der Waals surface area contributed by atoms with Gasteiger partial charge in [-0.3, -0.25) is 0 Å². The highest BCUT2D eigenvalue weighted by Gasteiger charge is 2.30. The van der Waals surface area contributed by atoms with Crippen molar-refractivity contribution in [3.63, 3.8) is 0 Å². The third kappa shape index (κ3) is 2.62. The summed E-state index contributed by atoms with van der Waals surface area (Å²) in [4.78, 5) is 10.5. The molecule has 1 aliphatic carbocycles. The Bertz CT molecular complexity index is 566. The van der Waals surface area contributed by atoms with Crippen molar-refractivity contribution in [3.8, 4) is 0 Å². The van der Waals surface area contributed by atoms with Gasteiger partial charge in [-0.2, -0.15) is 0 Å². The Morgan fingerprint density at radius 1 is 1.41 bits per heavy atom. The summed E-state index contributed by atoms with van der Waals surface area (Å²) < 4.78 is 38.9. The Balaban J connectivity index is 2.46. The van der Waals surface area contributed by atoms with Gasteiger partial charge in [-0.25, -0.2) is 22.3 Å². The second-order valence-electron chi connectivity index (χ2n) is 3.84. The first-order chi connectivity index (χ1) is 7.90. The number of halogens is 1. The number of rotatable bonds is 4. The number of carbonyl (C=O) groups is 1. The first-order valence-electron chi connectivity index (χ1n) is 4.95. The van der Waals surface area contributed by atoms with E-state index in [0.29, 0.717) is 6.07 Å². The van der Waals surface area contributed by atoms with Crippen LogP contribution in [-0.4, -0.2) is 25.5 Å². The van der Waals surface area contributed by atoms with Crippen molar-refractivity contribution >= 4 is 16.0 Å². The van der Waals surface area contributed by atoms with E-state index in [1.165, 1.54) is 0 Å². The predicted molar refractivity (Wildman–Crippen MR) is 56.7 cm³/mol. The smallest absolute Gasteiger partial charge is 0.337 e. The summed E-state index contributed by atoms with van der Waals surface area (Å²) in [5, 5.41) is 8.84. The Morgan fingerprint density at radius 3 is 2.59 bits per heavy atom. The van der Waals surface area contributed by atoms with Crippen LogP contribution >= 0.6 is 0 Å². The lowest BCUT2D eigenvalue weighted by Gasteiger charge is -2.08. The monoisotopic (exact) mass is 259 g/mol. The SMILES string of the molecule is O=C(O)c1cc(F)ccc1S(=O)(=O)NC1CC1. The molecule has 0 saturated heterocycles. The van der Waals surface area contributed by atoms with Crippen LogP contribution < -0.4 is 4.72 Å². The average Bonchev–Trinajstić information content (AvgIpc) is 3.00. The van der Waals surface area contributed by atoms with Crippen LogP contribution in [0.15, 0.2) is 23.1 Å². The minimum Gasteiger partial charge on any atom is -0.478 e. The van der Waals surface area contributed by atoms with Crippen LogP contribution in [0.2, 0.25) is 0 Å². The highest BCUT2D eigenvalue weighted by molar-refractivity contribution is 7.89. The molecule has 0 atom stereocenters. The van der Waals surface area contributed by atoms with E-state index >= 15 is 0 Å². The van der Waals surface area contributed by atoms with E-state index in [2.05, 4.69) is 4.72 Å². The van der Waals surface area contributed by atoms with Gasteiger partial charge >= 0.3 is 5.97 Å². The average molecular weight is 259 g/mol. The van der Waals surface area contributed by atoms with Gasteiger partial charge in [-0.1, -0.05) is 0 Å². The van der Waals surface area contributed by atoms with Gasteiger partial charge in [0, 0.05) is 6.04 Å². The number of sulfonamides is 1. The minimum atomic E-state index is -3.89. The first kappa shape index (κ1) is 12.0. The molecule has 0 radical (unpaired) electrons. The highest BCUT2D eigenvalue weighted by Crippen LogP contribution is 2.24. The fourth-order valence-corrected chi connectivity index (χ4v) is 2.87. The minimum absolute atomic E-state index is 0.133. The molecule has 0 heterocycles. The maximum absolute atomic E-state index is 12.9. The van der Waals surface area contributed by atoms with Gasteiger partial charge in [0.2, 0.25) is 10.0 Å². The van der Waals surface area contributed by atoms with E-state index in [0.717, 1.165) is 25.0 Å². The van der Waals surface area contributed by atoms with Gasteiger partial charge in [-0.05, 0) is 31.0 Å². The molecule has 0 aliphatic heterocycles. The normalized spacial score (nSPS) is 15.8. The zero-order chi connectivity index (χ0) is 12.6. The van der Waals surface area contributed by atoms with E-state index in [-0.39, 0.29) is 6.04 Å². The number of aromatic carboxylic acids is 1. The number of hydrogen-bond donors (Lipinski definition) is 2. The van der Waals surface area contributed by atoms with Crippen molar-refractivity contribution in [3.05, 3.63) is 29.6 Å². The molecule has 1 fully saturated rings.